The first-order valence-electron chi connectivity index (χ1n) is 6.55. The van der Waals surface area contributed by atoms with Crippen molar-refractivity contribution in [1.29, 1.82) is 5.26 Å². The first-order chi connectivity index (χ1) is 10.6. The third kappa shape index (κ3) is 3.41. The maximum atomic E-state index is 12.4. The number of carbonyl (C=O) groups excluding carboxylic acids is 2. The Balaban J connectivity index is 2.20. The van der Waals surface area contributed by atoms with Crippen LogP contribution in [-0.4, -0.2) is 24.1 Å². The molecular weight excluding hydrogens is 344 g/mol. The van der Waals surface area contributed by atoms with Crippen LogP contribution in [0.25, 0.3) is 0 Å². The summed E-state index contributed by atoms with van der Waals surface area (Å²) in [5, 5.41) is 8.91. The van der Waals surface area contributed by atoms with E-state index in [1.165, 1.54) is 4.90 Å². The van der Waals surface area contributed by atoms with Gasteiger partial charge in [0.25, 0.3) is 5.91 Å². The molecule has 0 heterocycles. The van der Waals surface area contributed by atoms with E-state index in [-0.39, 0.29) is 5.91 Å². The number of hydrogen-bond donors (Lipinski definition) is 0. The van der Waals surface area contributed by atoms with Gasteiger partial charge in [-0.05, 0) is 39.7 Å². The van der Waals surface area contributed by atoms with E-state index in [2.05, 4.69) is 22.0 Å². The van der Waals surface area contributed by atoms with Crippen molar-refractivity contribution in [3.8, 4) is 6.07 Å². The number of nitrogens with zero attached hydrogens (tertiary/aromatic N) is 2. The van der Waals surface area contributed by atoms with Crippen LogP contribution in [0.1, 0.15) is 31.8 Å². The van der Waals surface area contributed by atoms with Crippen molar-refractivity contribution >= 4 is 28.1 Å². The fourth-order valence-electron chi connectivity index (χ4n) is 2.09. The lowest BCUT2D eigenvalue weighted by molar-refractivity contribution is 0.0782. The Hall–Kier alpha value is -2.45. The smallest absolute Gasteiger partial charge is 0.254 e. The van der Waals surface area contributed by atoms with Crippen LogP contribution >= 0.6 is 15.9 Å². The highest BCUT2D eigenvalue weighted by molar-refractivity contribution is 9.10. The average Bonchev–Trinajstić information content (AvgIpc) is 2.54. The zero-order valence-electron chi connectivity index (χ0n) is 11.9. The molecule has 22 heavy (non-hydrogen) atoms. The molecule has 0 fully saturated rings. The maximum Gasteiger partial charge on any atom is 0.254 e. The minimum Gasteiger partial charge on any atom is -0.337 e. The first-order valence-corrected chi connectivity index (χ1v) is 7.34. The monoisotopic (exact) mass is 356 g/mol. The van der Waals surface area contributed by atoms with Crippen LogP contribution in [0.15, 0.2) is 46.9 Å². The Morgan fingerprint density at radius 2 is 2.05 bits per heavy atom. The summed E-state index contributed by atoms with van der Waals surface area (Å²) in [7, 11) is 1.68. The van der Waals surface area contributed by atoms with Crippen molar-refractivity contribution in [3.05, 3.63) is 69.2 Å². The molecule has 0 saturated carbocycles. The van der Waals surface area contributed by atoms with Crippen LogP contribution in [0.3, 0.4) is 0 Å². The van der Waals surface area contributed by atoms with Gasteiger partial charge in [-0.25, -0.2) is 0 Å². The van der Waals surface area contributed by atoms with Crippen molar-refractivity contribution in [2.24, 2.45) is 0 Å². The predicted octanol–water partition coefficient (Wildman–Crippen LogP) is 3.41. The summed E-state index contributed by atoms with van der Waals surface area (Å²) in [6.07, 6.45) is 0.680. The van der Waals surface area contributed by atoms with Gasteiger partial charge < -0.3 is 4.90 Å². The molecule has 110 valence electrons. The zero-order valence-corrected chi connectivity index (χ0v) is 13.5. The molecule has 2 aromatic carbocycles. The van der Waals surface area contributed by atoms with Gasteiger partial charge in [0.15, 0.2) is 6.29 Å². The molecule has 5 heteroatoms. The number of benzene rings is 2. The standard InChI is InChI=1S/C17H13BrN2O2/c1-20(10-12-6-7-13(9-19)16(18)8-12)17(22)15-5-3-2-4-14(15)11-21/h2-8,11H,10H2,1H3. The normalized spacial score (nSPS) is 9.86. The number of nitriles is 1. The van der Waals surface area contributed by atoms with Crippen LogP contribution in [0, 0.1) is 11.3 Å². The molecule has 0 radical (unpaired) electrons. The van der Waals surface area contributed by atoms with E-state index in [9.17, 15) is 9.59 Å². The molecule has 1 amide bonds. The quantitative estimate of drug-likeness (QED) is 0.788. The molecule has 2 rings (SSSR count). The van der Waals surface area contributed by atoms with Crippen molar-refractivity contribution in [3.63, 3.8) is 0 Å². The fourth-order valence-corrected chi connectivity index (χ4v) is 2.61. The molecule has 0 atom stereocenters. The van der Waals surface area contributed by atoms with Crippen molar-refractivity contribution in [2.75, 3.05) is 7.05 Å². The Morgan fingerprint density at radius 1 is 1.32 bits per heavy atom. The lowest BCUT2D eigenvalue weighted by Crippen LogP contribution is -2.27. The van der Waals surface area contributed by atoms with Gasteiger partial charge in [0.1, 0.15) is 6.07 Å². The minimum absolute atomic E-state index is 0.219. The van der Waals surface area contributed by atoms with E-state index < -0.39 is 0 Å². The van der Waals surface area contributed by atoms with Crippen LogP contribution < -0.4 is 0 Å². The van der Waals surface area contributed by atoms with Crippen LogP contribution in [0.5, 0.6) is 0 Å². The Labute approximate surface area is 137 Å². The van der Waals surface area contributed by atoms with Gasteiger partial charge >= 0.3 is 0 Å². The molecule has 0 unspecified atom stereocenters. The molecule has 0 aliphatic heterocycles. The molecule has 0 aliphatic carbocycles. The summed E-state index contributed by atoms with van der Waals surface area (Å²) in [4.78, 5) is 25.0. The number of hydrogen-bond acceptors (Lipinski definition) is 3. The molecular formula is C17H13BrN2O2. The zero-order chi connectivity index (χ0) is 16.1. The average molecular weight is 357 g/mol. The lowest BCUT2D eigenvalue weighted by Gasteiger charge is -2.18. The topological polar surface area (TPSA) is 61.2 Å². The first kappa shape index (κ1) is 15.9. The third-order valence-corrected chi connectivity index (χ3v) is 3.89. The highest BCUT2D eigenvalue weighted by Gasteiger charge is 2.15. The number of carbonyl (C=O) groups is 2. The number of halogens is 1. The van der Waals surface area contributed by atoms with Gasteiger partial charge in [-0.3, -0.25) is 9.59 Å². The fraction of sp³-hybridized carbons (Fsp3) is 0.118. The van der Waals surface area contributed by atoms with Gasteiger partial charge in [-0.1, -0.05) is 24.3 Å². The molecule has 0 aromatic heterocycles. The van der Waals surface area contributed by atoms with E-state index in [1.807, 2.05) is 6.07 Å². The largest absolute Gasteiger partial charge is 0.337 e. The summed E-state index contributed by atoms with van der Waals surface area (Å²) in [5.41, 5.74) is 2.20. The number of rotatable bonds is 4. The predicted molar refractivity (Wildman–Crippen MR) is 86.5 cm³/mol. The van der Waals surface area contributed by atoms with Crippen LogP contribution in [0.2, 0.25) is 0 Å². The molecule has 0 spiro atoms. The van der Waals surface area contributed by atoms with Crippen molar-refractivity contribution < 1.29 is 9.59 Å². The second-order valence-electron chi connectivity index (χ2n) is 4.79. The Kier molecular flexibility index (Phi) is 5.08. The van der Waals surface area contributed by atoms with E-state index in [0.717, 1.165) is 5.56 Å². The molecule has 0 saturated heterocycles. The van der Waals surface area contributed by atoms with Crippen LogP contribution in [0.4, 0.5) is 0 Å². The van der Waals surface area contributed by atoms with Gasteiger partial charge in [0.05, 0.1) is 11.1 Å². The highest BCUT2D eigenvalue weighted by atomic mass is 79.9. The summed E-state index contributed by atoms with van der Waals surface area (Å²) in [5.74, 6) is -0.219. The van der Waals surface area contributed by atoms with Gasteiger partial charge in [-0.2, -0.15) is 5.26 Å². The van der Waals surface area contributed by atoms with Crippen molar-refractivity contribution in [2.45, 2.75) is 6.54 Å². The number of amides is 1. The Morgan fingerprint density at radius 3 is 2.68 bits per heavy atom. The van der Waals surface area contributed by atoms with E-state index in [4.69, 9.17) is 5.26 Å². The van der Waals surface area contributed by atoms with Gasteiger partial charge in [0, 0.05) is 23.6 Å². The van der Waals surface area contributed by atoms with E-state index >= 15 is 0 Å². The molecule has 4 nitrogen and oxygen atoms in total. The summed E-state index contributed by atoms with van der Waals surface area (Å²) in [6.45, 7) is 0.385. The van der Waals surface area contributed by atoms with Gasteiger partial charge in [0.2, 0.25) is 0 Å². The maximum absolute atomic E-state index is 12.4. The molecule has 0 bridgehead atoms. The van der Waals surface area contributed by atoms with Crippen LogP contribution in [-0.2, 0) is 6.54 Å². The summed E-state index contributed by atoms with van der Waals surface area (Å²) < 4.78 is 0.696. The second-order valence-corrected chi connectivity index (χ2v) is 5.65. The summed E-state index contributed by atoms with van der Waals surface area (Å²) in [6, 6.07) is 14.1. The van der Waals surface area contributed by atoms with Crippen molar-refractivity contribution in [1.82, 2.24) is 4.90 Å². The highest BCUT2D eigenvalue weighted by Crippen LogP contribution is 2.19. The third-order valence-electron chi connectivity index (χ3n) is 3.24. The Bertz CT molecular complexity index is 765. The second kappa shape index (κ2) is 7.01. The summed E-state index contributed by atoms with van der Waals surface area (Å²) >= 11 is 3.33. The lowest BCUT2D eigenvalue weighted by atomic mass is 10.1. The minimum atomic E-state index is -0.219. The van der Waals surface area contributed by atoms with E-state index in [1.54, 1.807) is 43.4 Å². The molecule has 0 aliphatic rings. The molecule has 2 aromatic rings. The molecule has 0 N–H and O–H groups in total. The van der Waals surface area contributed by atoms with Gasteiger partial charge in [-0.15, -0.1) is 0 Å². The SMILES string of the molecule is CN(Cc1ccc(C#N)c(Br)c1)C(=O)c1ccccc1C=O. The number of aldehydes is 1. The van der Waals surface area contributed by atoms with E-state index in [0.29, 0.717) is 34.0 Å².